The second kappa shape index (κ2) is 11.6. The Balaban J connectivity index is 1.50. The molecule has 3 atom stereocenters. The van der Waals surface area contributed by atoms with Gasteiger partial charge in [0.2, 0.25) is 5.91 Å². The van der Waals surface area contributed by atoms with Crippen LogP contribution in [0.5, 0.6) is 0 Å². The summed E-state index contributed by atoms with van der Waals surface area (Å²) in [6, 6.07) is 7.82. The van der Waals surface area contributed by atoms with Gasteiger partial charge in [-0.15, -0.1) is 11.8 Å². The number of piperazine rings is 1. The van der Waals surface area contributed by atoms with Crippen molar-refractivity contribution >= 4 is 34.5 Å². The van der Waals surface area contributed by atoms with E-state index in [1.165, 1.54) is 18.9 Å². The molecule has 0 aromatic heterocycles. The lowest BCUT2D eigenvalue weighted by molar-refractivity contribution is -0.139. The van der Waals surface area contributed by atoms with Gasteiger partial charge < -0.3 is 14.7 Å². The molecule has 0 saturated carbocycles. The zero-order chi connectivity index (χ0) is 31.3. The summed E-state index contributed by atoms with van der Waals surface area (Å²) >= 11 is 0.810. The van der Waals surface area contributed by atoms with Gasteiger partial charge in [-0.1, -0.05) is 24.3 Å². The molecule has 1 aliphatic carbocycles. The van der Waals surface area contributed by atoms with Crippen LogP contribution in [0, 0.1) is 24.2 Å². The number of hydrogen-bond donors (Lipinski definition) is 0. The maximum absolute atomic E-state index is 14.2. The molecule has 3 aliphatic rings. The van der Waals surface area contributed by atoms with Crippen molar-refractivity contribution in [2.45, 2.75) is 74.2 Å². The second-order valence-corrected chi connectivity index (χ2v) is 13.2. The number of carbonyl (C=O) groups is 2. The van der Waals surface area contributed by atoms with E-state index in [1.807, 2.05) is 36.1 Å². The van der Waals surface area contributed by atoms with E-state index in [0.717, 1.165) is 45.9 Å². The minimum absolute atomic E-state index is 0.0449. The Labute approximate surface area is 261 Å². The van der Waals surface area contributed by atoms with Gasteiger partial charge in [0.25, 0.3) is 0 Å². The number of fused-ring (bicyclic) bond motifs is 1. The molecular weight excluding hydrogens is 680 g/mol. The van der Waals surface area contributed by atoms with Crippen LogP contribution in [0.4, 0.5) is 26.7 Å². The summed E-state index contributed by atoms with van der Waals surface area (Å²) in [4.78, 5) is 33.0. The predicted molar refractivity (Wildman–Crippen MR) is 160 cm³/mol. The molecule has 5 rings (SSSR count). The van der Waals surface area contributed by atoms with Crippen LogP contribution in [0.25, 0.3) is 0 Å². The number of aryl methyl sites for hydroxylation is 1. The molecule has 2 heterocycles. The molecule has 0 radical (unpaired) electrons. The number of hydrogen-bond acceptors (Lipinski definition) is 2. The number of carbonyl (C=O) groups excluding carboxylic acids is 2. The number of rotatable bonds is 4. The largest absolute Gasteiger partial charge is 0.416 e. The molecular formula is C32H33F5IN3O2. The van der Waals surface area contributed by atoms with E-state index in [2.05, 4.69) is 11.8 Å². The summed E-state index contributed by atoms with van der Waals surface area (Å²) in [5.41, 5.74) is -0.729. The van der Waals surface area contributed by atoms with Crippen molar-refractivity contribution < 1.29 is 31.5 Å². The minimum Gasteiger partial charge on any atom is -0.335 e. The van der Waals surface area contributed by atoms with Gasteiger partial charge in [0.15, 0.2) is 0 Å². The van der Waals surface area contributed by atoms with Gasteiger partial charge in [0.1, 0.15) is 0 Å². The Morgan fingerprint density at radius 3 is 2.28 bits per heavy atom. The van der Waals surface area contributed by atoms with E-state index < -0.39 is 44.8 Å². The van der Waals surface area contributed by atoms with Gasteiger partial charge in [-0.2, -0.15) is 22.0 Å². The first-order valence-corrected chi connectivity index (χ1v) is 15.4. The summed E-state index contributed by atoms with van der Waals surface area (Å²) < 4.78 is 66.0. The monoisotopic (exact) mass is 713 g/mol. The van der Waals surface area contributed by atoms with Gasteiger partial charge in [-0.25, -0.2) is 4.79 Å². The average Bonchev–Trinajstić information content (AvgIpc) is 3.08. The van der Waals surface area contributed by atoms with Crippen LogP contribution in [-0.2, 0) is 14.9 Å². The normalized spacial score (nSPS) is 22.5. The summed E-state index contributed by atoms with van der Waals surface area (Å²) in [5, 5.41) is 0. The van der Waals surface area contributed by atoms with Crippen molar-refractivity contribution in [2.75, 3.05) is 20.1 Å². The van der Waals surface area contributed by atoms with Crippen LogP contribution in [0.1, 0.15) is 78.9 Å². The maximum Gasteiger partial charge on any atom is 0.416 e. The standard InChI is InChI=1S/C32H33F5IN3O2/c1-20-10-6-7-11-25(20)27-26-19-30(12-8-4-5-9-13-30)28(42)40(26)14-15-41(27)29(43)39(3)21(2)22-16-23(31(33,34)35)18-24(17-22)32(36,37)38/h6-7,10-11,16-18,21,26-27H,8-9,12-15,19H2,1-3H3/t21-,26+,27+/m1/s1. The average molecular weight is 714 g/mol. The highest BCUT2D eigenvalue weighted by Crippen LogP contribution is 2.51. The Kier molecular flexibility index (Phi) is 8.48. The van der Waals surface area contributed by atoms with E-state index in [-0.39, 0.29) is 24.1 Å². The lowest BCUT2D eigenvalue weighted by Gasteiger charge is -2.47. The summed E-state index contributed by atoms with van der Waals surface area (Å²) in [5.74, 6) is 6.37. The Morgan fingerprint density at radius 2 is 1.67 bits per heavy atom. The summed E-state index contributed by atoms with van der Waals surface area (Å²) in [6.07, 6.45) is -1.67. The molecule has 5 nitrogen and oxygen atoms in total. The fourth-order valence-electron chi connectivity index (χ4n) is 6.81. The molecule has 0 N–H and O–H groups in total. The molecule has 2 saturated heterocycles. The number of benzene rings is 2. The van der Waals surface area contributed by atoms with Gasteiger partial charge >= 0.3 is 16.1 Å². The highest BCUT2D eigenvalue weighted by atomic mass is 127. The molecule has 1 spiro atoms. The highest BCUT2D eigenvalue weighted by Gasteiger charge is 2.56. The van der Waals surface area contributed by atoms with Crippen LogP contribution in [0.2, 0.25) is 0 Å². The molecule has 2 fully saturated rings. The molecule has 3 amide bonds. The van der Waals surface area contributed by atoms with E-state index in [4.69, 9.17) is 0 Å². The van der Waals surface area contributed by atoms with Crippen molar-refractivity contribution in [3.05, 3.63) is 70.3 Å². The van der Waals surface area contributed by atoms with Crippen molar-refractivity contribution in [2.24, 2.45) is 5.41 Å². The lowest BCUT2D eigenvalue weighted by atomic mass is 9.76. The van der Waals surface area contributed by atoms with Crippen LogP contribution < -0.4 is 0 Å². The smallest absolute Gasteiger partial charge is 0.335 e. The van der Waals surface area contributed by atoms with Crippen molar-refractivity contribution in [1.82, 2.24) is 14.7 Å². The zero-order valence-electron chi connectivity index (χ0n) is 24.1. The third-order valence-electron chi connectivity index (χ3n) is 9.31. The second-order valence-electron chi connectivity index (χ2n) is 11.8. The van der Waals surface area contributed by atoms with Gasteiger partial charge in [0, 0.05) is 61.1 Å². The fraction of sp³-hybridized carbons (Fsp3) is 0.500. The summed E-state index contributed by atoms with van der Waals surface area (Å²) in [6.45, 7) is 4.03. The Hall–Kier alpha value is -2.88. The molecule has 11 heteroatoms. The third-order valence-corrected chi connectivity index (χ3v) is 9.93. The van der Waals surface area contributed by atoms with Crippen molar-refractivity contribution in [3.8, 4) is 11.8 Å². The molecule has 2 aromatic rings. The van der Waals surface area contributed by atoms with Crippen LogP contribution >= 0.6 is 22.6 Å². The van der Waals surface area contributed by atoms with Crippen LogP contribution in [0.3, 0.4) is 0 Å². The summed E-state index contributed by atoms with van der Waals surface area (Å²) in [7, 11) is 1.47. The van der Waals surface area contributed by atoms with E-state index in [0.29, 0.717) is 44.7 Å². The number of alkyl halides is 6. The van der Waals surface area contributed by atoms with Crippen molar-refractivity contribution in [1.29, 1.82) is 0 Å². The minimum atomic E-state index is -4.84. The van der Waals surface area contributed by atoms with Gasteiger partial charge in [0.05, 0.1) is 29.1 Å². The lowest BCUT2D eigenvalue weighted by Crippen LogP contribution is -2.57. The Bertz CT molecular complexity index is 1430. The third kappa shape index (κ3) is 5.96. The van der Waals surface area contributed by atoms with Gasteiger partial charge in [-0.05, 0) is 68.0 Å². The van der Waals surface area contributed by atoms with E-state index in [1.54, 1.807) is 4.90 Å². The van der Waals surface area contributed by atoms with Gasteiger partial charge in [-0.3, -0.25) is 4.79 Å². The van der Waals surface area contributed by atoms with E-state index in [9.17, 15) is 31.5 Å². The number of halogens is 6. The Morgan fingerprint density at radius 1 is 1.05 bits per heavy atom. The molecule has 43 heavy (non-hydrogen) atoms. The van der Waals surface area contributed by atoms with E-state index >= 15 is 0 Å². The molecule has 2 aliphatic heterocycles. The number of amides is 3. The topological polar surface area (TPSA) is 43.9 Å². The first-order valence-electron chi connectivity index (χ1n) is 14.3. The van der Waals surface area contributed by atoms with Crippen molar-refractivity contribution in [3.63, 3.8) is 0 Å². The van der Waals surface area contributed by atoms with Crippen LogP contribution in [-0.4, -0.2) is 52.8 Å². The van der Waals surface area contributed by atoms with Crippen LogP contribution in [0.15, 0.2) is 42.5 Å². The molecule has 230 valence electrons. The quantitative estimate of drug-likeness (QED) is 0.140. The molecule has 0 bridgehead atoms. The predicted octanol–water partition coefficient (Wildman–Crippen LogP) is 7.83. The zero-order valence-corrected chi connectivity index (χ0v) is 26.3. The molecule has 2 aromatic carbocycles. The number of nitrogens with zero attached hydrogens (tertiary/aromatic N) is 3. The fourth-order valence-corrected chi connectivity index (χ4v) is 7.12. The first kappa shape index (κ1) is 31.5. The maximum atomic E-state index is 14.2. The number of urea groups is 1. The highest BCUT2D eigenvalue weighted by molar-refractivity contribution is 14.1. The first-order chi connectivity index (χ1) is 20.1. The molecule has 0 unspecified atom stereocenters. The SMILES string of the molecule is Cc1ccccc1[C@H]1[C@@H]2CC3(CCC#CCC3)C(=O)N2CCN1C(=O)N(C)[C@H](C)c1cc(C(F)(F)F)cc(C(F)(F)I)c1.